The summed E-state index contributed by atoms with van der Waals surface area (Å²) in [5.41, 5.74) is 2.22. The van der Waals surface area contributed by atoms with Crippen molar-refractivity contribution < 1.29 is 4.79 Å². The second-order valence-corrected chi connectivity index (χ2v) is 6.67. The van der Waals surface area contributed by atoms with Gasteiger partial charge in [-0.25, -0.2) is 4.79 Å². The van der Waals surface area contributed by atoms with Crippen LogP contribution in [0.5, 0.6) is 0 Å². The maximum absolute atomic E-state index is 12.9. The Labute approximate surface area is 148 Å². The second-order valence-electron chi connectivity index (χ2n) is 6.24. The van der Waals surface area contributed by atoms with E-state index in [1.165, 1.54) is 0 Å². The van der Waals surface area contributed by atoms with Gasteiger partial charge in [-0.3, -0.25) is 0 Å². The quantitative estimate of drug-likeness (QED) is 0.873. The van der Waals surface area contributed by atoms with Crippen LogP contribution in [-0.4, -0.2) is 28.1 Å². The van der Waals surface area contributed by atoms with E-state index < -0.39 is 0 Å². The first-order chi connectivity index (χ1) is 11.6. The molecule has 1 aliphatic heterocycles. The van der Waals surface area contributed by atoms with Crippen LogP contribution in [-0.2, 0) is 6.54 Å². The van der Waals surface area contributed by atoms with Crippen LogP contribution in [0.15, 0.2) is 42.6 Å². The van der Waals surface area contributed by atoms with E-state index in [2.05, 4.69) is 36.0 Å². The van der Waals surface area contributed by atoms with Crippen LogP contribution in [0.1, 0.15) is 44.0 Å². The van der Waals surface area contributed by atoms with Crippen molar-refractivity contribution in [3.63, 3.8) is 0 Å². The molecule has 0 radical (unpaired) electrons. The number of carbonyl (C=O) groups excluding carboxylic acids is 1. The van der Waals surface area contributed by atoms with Gasteiger partial charge >= 0.3 is 6.03 Å². The van der Waals surface area contributed by atoms with Crippen molar-refractivity contribution >= 4 is 17.6 Å². The van der Waals surface area contributed by atoms with Crippen LogP contribution in [0.2, 0.25) is 5.02 Å². The summed E-state index contributed by atoms with van der Waals surface area (Å²) in [6, 6.07) is 12.1. The molecule has 3 rings (SSSR count). The number of hydrogen-bond acceptors (Lipinski definition) is 1. The average Bonchev–Trinajstić information content (AvgIpc) is 3.08. The molecule has 0 bridgehead atoms. The Bertz CT molecular complexity index is 691. The van der Waals surface area contributed by atoms with Crippen molar-refractivity contribution in [2.75, 3.05) is 6.54 Å². The smallest absolute Gasteiger partial charge is 0.318 e. The van der Waals surface area contributed by atoms with Gasteiger partial charge in [0.25, 0.3) is 0 Å². The summed E-state index contributed by atoms with van der Waals surface area (Å²) in [5, 5.41) is 3.88. The van der Waals surface area contributed by atoms with Crippen molar-refractivity contribution in [1.82, 2.24) is 14.8 Å². The normalized spacial score (nSPS) is 17.0. The van der Waals surface area contributed by atoms with Gasteiger partial charge in [0.05, 0.1) is 6.04 Å². The standard InChI is InChI=1S/C19H24ClN3O/c1-3-16(4-2)21-19(24)23-13-12-22-11-5-6-17(22)18(23)14-7-9-15(20)10-8-14/h5-11,16,18H,3-4,12-13H2,1-2H3,(H,21,24)/t18-/m1/s1. The monoisotopic (exact) mass is 345 g/mol. The Morgan fingerprint density at radius 3 is 2.58 bits per heavy atom. The van der Waals surface area contributed by atoms with E-state index in [1.807, 2.05) is 35.2 Å². The molecule has 24 heavy (non-hydrogen) atoms. The summed E-state index contributed by atoms with van der Waals surface area (Å²) in [7, 11) is 0. The van der Waals surface area contributed by atoms with Crippen molar-refractivity contribution in [3.8, 4) is 0 Å². The lowest BCUT2D eigenvalue weighted by molar-refractivity contribution is 0.164. The number of halogens is 1. The molecule has 4 nitrogen and oxygen atoms in total. The Morgan fingerprint density at radius 2 is 1.92 bits per heavy atom. The van der Waals surface area contributed by atoms with E-state index in [0.717, 1.165) is 30.6 Å². The molecule has 0 fully saturated rings. The largest absolute Gasteiger partial charge is 0.348 e. The number of fused-ring (bicyclic) bond motifs is 1. The molecule has 0 unspecified atom stereocenters. The number of hydrogen-bond donors (Lipinski definition) is 1. The van der Waals surface area contributed by atoms with Gasteiger partial charge in [0.2, 0.25) is 0 Å². The van der Waals surface area contributed by atoms with E-state index in [-0.39, 0.29) is 18.1 Å². The first-order valence-electron chi connectivity index (χ1n) is 8.61. The fourth-order valence-corrected chi connectivity index (χ4v) is 3.47. The number of nitrogens with zero attached hydrogens (tertiary/aromatic N) is 2. The molecule has 1 aromatic carbocycles. The average molecular weight is 346 g/mol. The summed E-state index contributed by atoms with van der Waals surface area (Å²) in [6.45, 7) is 5.72. The molecular formula is C19H24ClN3O. The van der Waals surface area contributed by atoms with Crippen molar-refractivity contribution in [2.24, 2.45) is 0 Å². The highest BCUT2D eigenvalue weighted by Crippen LogP contribution is 2.33. The summed E-state index contributed by atoms with van der Waals surface area (Å²) in [6.07, 6.45) is 3.96. The summed E-state index contributed by atoms with van der Waals surface area (Å²) >= 11 is 6.04. The van der Waals surface area contributed by atoms with Gasteiger partial charge in [0, 0.05) is 36.0 Å². The Kier molecular flexibility index (Phi) is 5.14. The lowest BCUT2D eigenvalue weighted by atomic mass is 10.0. The summed E-state index contributed by atoms with van der Waals surface area (Å²) in [5.74, 6) is 0. The first-order valence-corrected chi connectivity index (χ1v) is 8.99. The molecule has 0 aliphatic carbocycles. The van der Waals surface area contributed by atoms with Crippen LogP contribution in [0.25, 0.3) is 0 Å². The Hall–Kier alpha value is -1.94. The third kappa shape index (κ3) is 3.29. The van der Waals surface area contributed by atoms with Crippen LogP contribution in [0.3, 0.4) is 0 Å². The lowest BCUT2D eigenvalue weighted by Crippen LogP contribution is -2.49. The number of urea groups is 1. The van der Waals surface area contributed by atoms with E-state index in [1.54, 1.807) is 0 Å². The number of carbonyl (C=O) groups is 1. The summed E-state index contributed by atoms with van der Waals surface area (Å²) < 4.78 is 2.22. The molecule has 0 spiro atoms. The number of amides is 2. The maximum Gasteiger partial charge on any atom is 0.318 e. The molecule has 1 N–H and O–H groups in total. The fourth-order valence-electron chi connectivity index (χ4n) is 3.35. The van der Waals surface area contributed by atoms with E-state index in [4.69, 9.17) is 11.6 Å². The number of benzene rings is 1. The van der Waals surface area contributed by atoms with Crippen molar-refractivity contribution in [2.45, 2.75) is 45.3 Å². The van der Waals surface area contributed by atoms with Crippen molar-refractivity contribution in [3.05, 3.63) is 58.9 Å². The van der Waals surface area contributed by atoms with Gasteiger partial charge in [0.1, 0.15) is 0 Å². The molecule has 128 valence electrons. The zero-order chi connectivity index (χ0) is 17.1. The van der Waals surface area contributed by atoms with Crippen LogP contribution in [0, 0.1) is 0 Å². The third-order valence-electron chi connectivity index (χ3n) is 4.80. The Morgan fingerprint density at radius 1 is 1.21 bits per heavy atom. The van der Waals surface area contributed by atoms with E-state index >= 15 is 0 Å². The van der Waals surface area contributed by atoms with Gasteiger partial charge in [-0.1, -0.05) is 37.6 Å². The number of nitrogens with one attached hydrogen (secondary N) is 1. The van der Waals surface area contributed by atoms with Crippen LogP contribution < -0.4 is 5.32 Å². The molecule has 0 saturated heterocycles. The maximum atomic E-state index is 12.9. The second kappa shape index (κ2) is 7.31. The summed E-state index contributed by atoms with van der Waals surface area (Å²) in [4.78, 5) is 14.8. The first kappa shape index (κ1) is 16.9. The van der Waals surface area contributed by atoms with Crippen LogP contribution in [0.4, 0.5) is 4.79 Å². The van der Waals surface area contributed by atoms with Gasteiger partial charge in [-0.05, 0) is 42.7 Å². The molecule has 2 aromatic rings. The van der Waals surface area contributed by atoms with Gasteiger partial charge in [0.15, 0.2) is 0 Å². The molecule has 1 aromatic heterocycles. The predicted molar refractivity (Wildman–Crippen MR) is 97.3 cm³/mol. The van der Waals surface area contributed by atoms with Gasteiger partial charge < -0.3 is 14.8 Å². The minimum Gasteiger partial charge on any atom is -0.348 e. The minimum atomic E-state index is -0.0830. The molecule has 2 heterocycles. The van der Waals surface area contributed by atoms with E-state index in [9.17, 15) is 4.79 Å². The molecular weight excluding hydrogens is 322 g/mol. The predicted octanol–water partition coefficient (Wildman–Crippen LogP) is 4.44. The fraction of sp³-hybridized carbons (Fsp3) is 0.421. The topological polar surface area (TPSA) is 37.3 Å². The highest BCUT2D eigenvalue weighted by Gasteiger charge is 2.32. The highest BCUT2D eigenvalue weighted by atomic mass is 35.5. The molecule has 1 aliphatic rings. The van der Waals surface area contributed by atoms with Gasteiger partial charge in [-0.15, -0.1) is 0 Å². The van der Waals surface area contributed by atoms with Crippen LogP contribution >= 0.6 is 11.6 Å². The number of aromatic nitrogens is 1. The zero-order valence-electron chi connectivity index (χ0n) is 14.2. The lowest BCUT2D eigenvalue weighted by Gasteiger charge is -2.38. The minimum absolute atomic E-state index is 0.0103. The highest BCUT2D eigenvalue weighted by molar-refractivity contribution is 6.30. The molecule has 2 amide bonds. The molecule has 0 saturated carbocycles. The third-order valence-corrected chi connectivity index (χ3v) is 5.05. The SMILES string of the molecule is CCC(CC)NC(=O)N1CCn2cccc2[C@H]1c1ccc(Cl)cc1. The molecule has 5 heteroatoms. The van der Waals surface area contributed by atoms with E-state index in [0.29, 0.717) is 11.6 Å². The van der Waals surface area contributed by atoms with Crippen molar-refractivity contribution in [1.29, 1.82) is 0 Å². The Balaban J connectivity index is 1.92. The zero-order valence-corrected chi connectivity index (χ0v) is 15.0. The van der Waals surface area contributed by atoms with Gasteiger partial charge in [-0.2, -0.15) is 0 Å². The molecule has 1 atom stereocenters. The number of rotatable bonds is 4.